The van der Waals surface area contributed by atoms with Crippen molar-refractivity contribution in [2.24, 2.45) is 0 Å². The number of anilines is 1. The third-order valence-electron chi connectivity index (χ3n) is 4.84. The van der Waals surface area contributed by atoms with Crippen molar-refractivity contribution < 1.29 is 4.79 Å². The molecular formula is C23H22N4OS2. The van der Waals surface area contributed by atoms with Crippen LogP contribution in [0.5, 0.6) is 0 Å². The minimum absolute atomic E-state index is 0.0591. The highest BCUT2D eigenvalue weighted by atomic mass is 32.2. The molecule has 0 saturated carbocycles. The highest BCUT2D eigenvalue weighted by Crippen LogP contribution is 2.25. The first-order valence-electron chi connectivity index (χ1n) is 9.63. The van der Waals surface area contributed by atoms with Gasteiger partial charge in [-0.25, -0.2) is 0 Å². The fourth-order valence-corrected chi connectivity index (χ4v) is 4.59. The Bertz CT molecular complexity index is 1140. The number of aryl methyl sites for hydroxylation is 1. The number of amides is 1. The molecule has 1 N–H and O–H groups in total. The first-order valence-corrected chi connectivity index (χ1v) is 11.5. The van der Waals surface area contributed by atoms with Gasteiger partial charge >= 0.3 is 0 Å². The average Bonchev–Trinajstić information content (AvgIpc) is 3.41. The van der Waals surface area contributed by atoms with Crippen LogP contribution in [-0.4, -0.2) is 26.4 Å². The molecule has 2 aromatic carbocycles. The third kappa shape index (κ3) is 4.63. The molecule has 0 bridgehead atoms. The largest absolute Gasteiger partial charge is 0.325 e. The lowest BCUT2D eigenvalue weighted by Gasteiger charge is -2.11. The predicted octanol–water partition coefficient (Wildman–Crippen LogP) is 5.27. The zero-order chi connectivity index (χ0) is 20.9. The van der Waals surface area contributed by atoms with Crippen LogP contribution in [-0.2, 0) is 11.2 Å². The zero-order valence-electron chi connectivity index (χ0n) is 16.8. The van der Waals surface area contributed by atoms with E-state index in [0.717, 1.165) is 28.3 Å². The Hall–Kier alpha value is -2.90. The monoisotopic (exact) mass is 434 g/mol. The van der Waals surface area contributed by atoms with Gasteiger partial charge in [-0.1, -0.05) is 48.2 Å². The Kier molecular flexibility index (Phi) is 6.30. The Balaban J connectivity index is 1.53. The van der Waals surface area contributed by atoms with E-state index in [-0.39, 0.29) is 11.7 Å². The van der Waals surface area contributed by atoms with E-state index >= 15 is 0 Å². The van der Waals surface area contributed by atoms with E-state index in [1.807, 2.05) is 73.0 Å². The molecule has 0 spiro atoms. The second-order valence-electron chi connectivity index (χ2n) is 6.91. The Morgan fingerprint density at radius 1 is 1.03 bits per heavy atom. The number of benzene rings is 2. The number of nitrogens with zero attached hydrogens (tertiary/aromatic N) is 3. The highest BCUT2D eigenvalue weighted by Gasteiger charge is 2.17. The molecular weight excluding hydrogens is 412 g/mol. The molecule has 0 atom stereocenters. The number of para-hydroxylation sites is 1. The summed E-state index contributed by atoms with van der Waals surface area (Å²) in [5.41, 5.74) is 4.08. The number of carbonyl (C=O) groups excluding carboxylic acids is 1. The van der Waals surface area contributed by atoms with Crippen LogP contribution >= 0.6 is 23.1 Å². The van der Waals surface area contributed by atoms with Crippen molar-refractivity contribution in [3.05, 3.63) is 87.9 Å². The van der Waals surface area contributed by atoms with Crippen LogP contribution in [0.3, 0.4) is 0 Å². The van der Waals surface area contributed by atoms with E-state index in [1.165, 1.54) is 16.6 Å². The molecule has 7 heteroatoms. The number of nitrogens with one attached hydrogen (secondary N) is 1. The number of thiophene rings is 1. The molecule has 0 unspecified atom stereocenters. The number of rotatable bonds is 7. The zero-order valence-corrected chi connectivity index (χ0v) is 18.5. The first kappa shape index (κ1) is 20.4. The Morgan fingerprint density at radius 3 is 2.63 bits per heavy atom. The van der Waals surface area contributed by atoms with Crippen molar-refractivity contribution in [1.29, 1.82) is 0 Å². The fraction of sp³-hybridized carbons (Fsp3) is 0.174. The summed E-state index contributed by atoms with van der Waals surface area (Å²) in [6.45, 7) is 4.05. The molecule has 30 heavy (non-hydrogen) atoms. The van der Waals surface area contributed by atoms with Gasteiger partial charge in [-0.15, -0.1) is 21.5 Å². The molecule has 2 heterocycles. The van der Waals surface area contributed by atoms with E-state index in [0.29, 0.717) is 11.6 Å². The van der Waals surface area contributed by atoms with E-state index in [1.54, 1.807) is 11.3 Å². The van der Waals surface area contributed by atoms with Crippen LogP contribution in [0.1, 0.15) is 21.8 Å². The van der Waals surface area contributed by atoms with Gasteiger partial charge in [0, 0.05) is 22.7 Å². The summed E-state index contributed by atoms with van der Waals surface area (Å²) in [6, 6.07) is 20.1. The highest BCUT2D eigenvalue weighted by molar-refractivity contribution is 7.99. The van der Waals surface area contributed by atoms with E-state index < -0.39 is 0 Å². The summed E-state index contributed by atoms with van der Waals surface area (Å²) >= 11 is 3.09. The first-order chi connectivity index (χ1) is 14.6. The third-order valence-corrected chi connectivity index (χ3v) is 6.64. The van der Waals surface area contributed by atoms with E-state index in [2.05, 4.69) is 27.0 Å². The number of hydrogen-bond donors (Lipinski definition) is 1. The van der Waals surface area contributed by atoms with Crippen LogP contribution < -0.4 is 5.32 Å². The maximum absolute atomic E-state index is 12.6. The molecule has 0 aliphatic rings. The smallest absolute Gasteiger partial charge is 0.234 e. The molecule has 0 fully saturated rings. The van der Waals surface area contributed by atoms with Gasteiger partial charge < -0.3 is 5.32 Å². The van der Waals surface area contributed by atoms with Crippen LogP contribution in [0.25, 0.3) is 5.69 Å². The second kappa shape index (κ2) is 9.28. The predicted molar refractivity (Wildman–Crippen MR) is 124 cm³/mol. The summed E-state index contributed by atoms with van der Waals surface area (Å²) in [6.07, 6.45) is 0.703. The average molecular weight is 435 g/mol. The fourth-order valence-electron chi connectivity index (χ4n) is 3.12. The molecule has 0 aliphatic heterocycles. The van der Waals surface area contributed by atoms with Crippen LogP contribution in [0.4, 0.5) is 5.69 Å². The topological polar surface area (TPSA) is 59.8 Å². The van der Waals surface area contributed by atoms with E-state index in [4.69, 9.17) is 0 Å². The minimum atomic E-state index is -0.0591. The summed E-state index contributed by atoms with van der Waals surface area (Å²) in [4.78, 5) is 13.8. The lowest BCUT2D eigenvalue weighted by Crippen LogP contribution is -2.15. The Labute approximate surface area is 184 Å². The number of carbonyl (C=O) groups is 1. The van der Waals surface area contributed by atoms with E-state index in [9.17, 15) is 4.79 Å². The van der Waals surface area contributed by atoms with Crippen molar-refractivity contribution in [3.63, 3.8) is 0 Å². The molecule has 4 aromatic rings. The van der Waals surface area contributed by atoms with Crippen LogP contribution in [0.15, 0.2) is 71.2 Å². The number of aromatic nitrogens is 3. The van der Waals surface area contributed by atoms with Crippen LogP contribution in [0, 0.1) is 13.8 Å². The lowest BCUT2D eigenvalue weighted by molar-refractivity contribution is -0.113. The van der Waals surface area contributed by atoms with Gasteiger partial charge in [-0.3, -0.25) is 9.36 Å². The lowest BCUT2D eigenvalue weighted by atomic mass is 10.1. The maximum atomic E-state index is 12.6. The maximum Gasteiger partial charge on any atom is 0.234 e. The van der Waals surface area contributed by atoms with Gasteiger partial charge in [0.25, 0.3) is 0 Å². The van der Waals surface area contributed by atoms with Crippen LogP contribution in [0.2, 0.25) is 0 Å². The van der Waals surface area contributed by atoms with Gasteiger partial charge in [0.2, 0.25) is 5.91 Å². The number of hydrogen-bond acceptors (Lipinski definition) is 5. The number of thioether (sulfide) groups is 1. The summed E-state index contributed by atoms with van der Waals surface area (Å²) in [7, 11) is 0. The van der Waals surface area contributed by atoms with Crippen molar-refractivity contribution in [3.8, 4) is 5.69 Å². The van der Waals surface area contributed by atoms with Gasteiger partial charge in [-0.05, 0) is 54.6 Å². The normalized spacial score (nSPS) is 10.9. The van der Waals surface area contributed by atoms with Gasteiger partial charge in [0.05, 0.1) is 5.75 Å². The van der Waals surface area contributed by atoms with Gasteiger partial charge in [0.1, 0.15) is 5.82 Å². The van der Waals surface area contributed by atoms with Crippen molar-refractivity contribution in [2.45, 2.75) is 25.4 Å². The van der Waals surface area contributed by atoms with Crippen molar-refractivity contribution in [2.75, 3.05) is 11.1 Å². The summed E-state index contributed by atoms with van der Waals surface area (Å²) < 4.78 is 2.04. The quantitative estimate of drug-likeness (QED) is 0.403. The molecule has 0 radical (unpaired) electrons. The molecule has 0 aliphatic carbocycles. The minimum Gasteiger partial charge on any atom is -0.325 e. The standard InChI is InChI=1S/C23H22N4OS2/c1-16-8-6-12-20(17(16)2)24-22(28)15-30-23-26-25-21(14-19-11-7-13-29-19)27(23)18-9-4-3-5-10-18/h3-13H,14-15H2,1-2H3,(H,24,28). The van der Waals surface area contributed by atoms with Crippen molar-refractivity contribution in [1.82, 2.24) is 14.8 Å². The molecule has 5 nitrogen and oxygen atoms in total. The van der Waals surface area contributed by atoms with Crippen molar-refractivity contribution >= 4 is 34.7 Å². The van der Waals surface area contributed by atoms with Gasteiger partial charge in [-0.2, -0.15) is 0 Å². The second-order valence-corrected chi connectivity index (χ2v) is 8.88. The molecule has 4 rings (SSSR count). The SMILES string of the molecule is Cc1cccc(NC(=O)CSc2nnc(Cc3cccs3)n2-c2ccccc2)c1C. The molecule has 2 aromatic heterocycles. The summed E-state index contributed by atoms with van der Waals surface area (Å²) in [5, 5.41) is 14.6. The molecule has 1 amide bonds. The Morgan fingerprint density at radius 2 is 1.87 bits per heavy atom. The molecule has 152 valence electrons. The summed E-state index contributed by atoms with van der Waals surface area (Å²) in [5.74, 6) is 1.06. The van der Waals surface area contributed by atoms with Gasteiger partial charge in [0.15, 0.2) is 5.16 Å². The molecule has 0 saturated heterocycles.